The summed E-state index contributed by atoms with van der Waals surface area (Å²) < 4.78 is 4.37. The van der Waals surface area contributed by atoms with Crippen LogP contribution in [-0.2, 0) is 9.53 Å². The minimum atomic E-state index is -0.513. The van der Waals surface area contributed by atoms with Crippen molar-refractivity contribution < 1.29 is 23.9 Å². The number of aromatic nitrogens is 12. The third-order valence-electron chi connectivity index (χ3n) is 7.87. The Morgan fingerprint density at radius 3 is 1.40 bits per heavy atom. The summed E-state index contributed by atoms with van der Waals surface area (Å²) >= 11 is 22.5. The van der Waals surface area contributed by atoms with E-state index in [9.17, 15) is 19.2 Å². The molecule has 1 atom stereocenters. The molecular weight excluding hydrogens is 1030 g/mol. The maximum absolute atomic E-state index is 12.1. The number of ether oxygens (including phenoxy) is 1. The van der Waals surface area contributed by atoms with Gasteiger partial charge in [-0.1, -0.05) is 44.0 Å². The van der Waals surface area contributed by atoms with Crippen molar-refractivity contribution in [3.05, 3.63) is 196 Å². The van der Waals surface area contributed by atoms with Crippen molar-refractivity contribution in [3.8, 4) is 6.07 Å². The molecule has 8 rings (SSSR count). The van der Waals surface area contributed by atoms with E-state index in [1.165, 1.54) is 75.1 Å². The van der Waals surface area contributed by atoms with Crippen LogP contribution in [0.3, 0.4) is 0 Å². The summed E-state index contributed by atoms with van der Waals surface area (Å²) in [6.45, 7) is 5.50. The lowest BCUT2D eigenvalue weighted by atomic mass is 9.96. The maximum atomic E-state index is 12.1. The van der Waals surface area contributed by atoms with Crippen LogP contribution in [0.1, 0.15) is 69.6 Å². The molecule has 0 radical (unpaired) electrons. The zero-order valence-electron chi connectivity index (χ0n) is 38.3. The van der Waals surface area contributed by atoms with Crippen LogP contribution in [0.4, 0.5) is 17.1 Å². The third-order valence-corrected chi connectivity index (χ3v) is 9.04. The SMILES string of the molecule is CC(C)(C)C(=O)Nc1cnc(Cl)nc1.COC(=O)c1ncccn1.Clc1ncccn1.N#Cc1ncccn1.Nc1ccc(Cl)cc1C(=O)c1ncccn1.O=C(c1ncccn1)c1cc(Cl)ccc1NP. The Balaban J connectivity index is 0.000000234. The molecule has 0 spiro atoms. The molecular formula is C46H41Cl4N16O5P. The van der Waals surface area contributed by atoms with E-state index in [-0.39, 0.29) is 46.1 Å². The highest BCUT2D eigenvalue weighted by molar-refractivity contribution is 7.18. The Kier molecular flexibility index (Phi) is 25.2. The summed E-state index contributed by atoms with van der Waals surface area (Å²) in [4.78, 5) is 91.2. The van der Waals surface area contributed by atoms with Gasteiger partial charge < -0.3 is 20.9 Å². The number of nitrogens with two attached hydrogens (primary N) is 1. The van der Waals surface area contributed by atoms with Gasteiger partial charge >= 0.3 is 5.97 Å². The van der Waals surface area contributed by atoms with E-state index in [0.29, 0.717) is 43.5 Å². The Labute approximate surface area is 434 Å². The van der Waals surface area contributed by atoms with Crippen LogP contribution >= 0.6 is 55.8 Å². The van der Waals surface area contributed by atoms with E-state index in [0.717, 1.165) is 0 Å². The number of nitrogens with one attached hydrogen (secondary N) is 2. The molecule has 1 amide bonds. The number of methoxy groups -OCH3 is 1. The highest BCUT2D eigenvalue weighted by atomic mass is 35.5. The van der Waals surface area contributed by atoms with Crippen molar-refractivity contribution in [3.63, 3.8) is 0 Å². The number of halogens is 4. The smallest absolute Gasteiger partial charge is 0.376 e. The second-order valence-electron chi connectivity index (χ2n) is 14.1. The molecule has 0 saturated heterocycles. The van der Waals surface area contributed by atoms with Crippen LogP contribution < -0.4 is 16.1 Å². The molecule has 0 aliphatic rings. The average molecular weight is 1070 g/mol. The van der Waals surface area contributed by atoms with E-state index in [2.05, 4.69) is 84.3 Å². The Bertz CT molecular complexity index is 2990. The standard InChI is InChI=1S/C11H9ClN3OP.C11H8ClN3O.C9H12ClN3O.C6H6N2O2.C5H3N3.C4H3ClN2/c12-7-2-3-9(15-17)8(6-7)10(16)11-13-4-1-5-14-11;12-7-2-3-9(13)8(6-7)10(16)11-14-4-1-5-15-11;1-9(2,3)7(14)13-6-4-11-8(10)12-5-6;1-10-6(9)5-7-3-2-4-8-5;6-4-5-7-2-1-3-8-5;5-4-6-2-1-3-7-4/h1-6,15H,17H2;1-6H,13H2;4-5H,1-3H3,(H,13,14);2-4H,1H3;1-3H;1-3H. The number of nitrogens with zero attached hydrogens (tertiary/aromatic N) is 13. The maximum Gasteiger partial charge on any atom is 0.376 e. The lowest BCUT2D eigenvalue weighted by Gasteiger charge is -2.17. The topological polar surface area (TPSA) is 306 Å². The van der Waals surface area contributed by atoms with Crippen LogP contribution in [0.5, 0.6) is 0 Å². The number of hydrogen-bond donors (Lipinski definition) is 3. The molecule has 72 heavy (non-hydrogen) atoms. The van der Waals surface area contributed by atoms with Crippen molar-refractivity contribution in [2.75, 3.05) is 23.2 Å². The van der Waals surface area contributed by atoms with E-state index in [1.807, 2.05) is 20.8 Å². The Hall–Kier alpha value is -8.12. The molecule has 0 aliphatic carbocycles. The van der Waals surface area contributed by atoms with Gasteiger partial charge in [-0.25, -0.2) is 64.6 Å². The molecule has 0 saturated carbocycles. The van der Waals surface area contributed by atoms with E-state index in [4.69, 9.17) is 57.4 Å². The fourth-order valence-electron chi connectivity index (χ4n) is 4.46. The summed E-state index contributed by atoms with van der Waals surface area (Å²) in [5, 5.41) is 15.1. The van der Waals surface area contributed by atoms with Crippen molar-refractivity contribution in [1.82, 2.24) is 59.8 Å². The summed E-state index contributed by atoms with van der Waals surface area (Å²) in [5.74, 6) is -0.632. The molecule has 2 aromatic carbocycles. The number of benzene rings is 2. The van der Waals surface area contributed by atoms with Gasteiger partial charge in [0, 0.05) is 88.8 Å². The van der Waals surface area contributed by atoms with Gasteiger partial charge in [-0.2, -0.15) is 5.26 Å². The number of nitriles is 1. The van der Waals surface area contributed by atoms with Crippen molar-refractivity contribution in [2.24, 2.45) is 5.41 Å². The van der Waals surface area contributed by atoms with E-state index < -0.39 is 11.4 Å². The molecule has 4 N–H and O–H groups in total. The van der Waals surface area contributed by atoms with Crippen LogP contribution in [-0.4, -0.2) is 90.4 Å². The van der Waals surface area contributed by atoms with Crippen molar-refractivity contribution >= 4 is 96.3 Å². The normalized spacial score (nSPS) is 9.72. The number of amides is 1. The van der Waals surface area contributed by atoms with Crippen molar-refractivity contribution in [1.29, 1.82) is 5.26 Å². The molecule has 26 heteroatoms. The van der Waals surface area contributed by atoms with Crippen LogP contribution in [0.2, 0.25) is 20.6 Å². The summed E-state index contributed by atoms with van der Waals surface area (Å²) in [6, 6.07) is 19.8. The molecule has 0 bridgehead atoms. The van der Waals surface area contributed by atoms with E-state index >= 15 is 0 Å². The monoisotopic (exact) mass is 1070 g/mol. The van der Waals surface area contributed by atoms with E-state index in [1.54, 1.807) is 79.1 Å². The largest absolute Gasteiger partial charge is 0.463 e. The van der Waals surface area contributed by atoms with Gasteiger partial charge in [-0.15, -0.1) is 0 Å². The minimum Gasteiger partial charge on any atom is -0.463 e. The number of nitrogen functional groups attached to an aromatic ring is 1. The lowest BCUT2D eigenvalue weighted by molar-refractivity contribution is -0.123. The number of carbonyl (C=O) groups is 4. The number of ketones is 2. The second kappa shape index (κ2) is 31.2. The number of anilines is 3. The van der Waals surface area contributed by atoms with Gasteiger partial charge in [-0.05, 0) is 99.3 Å². The zero-order valence-corrected chi connectivity index (χ0v) is 42.5. The molecule has 6 aromatic heterocycles. The predicted octanol–water partition coefficient (Wildman–Crippen LogP) is 8.36. The van der Waals surface area contributed by atoms with Gasteiger partial charge in [0.05, 0.1) is 36.3 Å². The highest BCUT2D eigenvalue weighted by Gasteiger charge is 2.21. The quantitative estimate of drug-likeness (QED) is 0.0444. The molecule has 21 nitrogen and oxygen atoms in total. The molecule has 368 valence electrons. The minimum absolute atomic E-state index is 0.0802. The van der Waals surface area contributed by atoms with Gasteiger partial charge in [0.25, 0.3) is 0 Å². The Morgan fingerprint density at radius 1 is 0.597 bits per heavy atom. The molecule has 0 fully saturated rings. The fraction of sp³-hybridized carbons (Fsp3) is 0.109. The number of carbonyl (C=O) groups excluding carboxylic acids is 4. The average Bonchev–Trinajstić information content (AvgIpc) is 3.41. The van der Waals surface area contributed by atoms with Gasteiger partial charge in [0.1, 0.15) is 6.07 Å². The molecule has 8 aromatic rings. The highest BCUT2D eigenvalue weighted by Crippen LogP contribution is 2.24. The third kappa shape index (κ3) is 21.3. The first-order valence-corrected chi connectivity index (χ1v) is 22.2. The lowest BCUT2D eigenvalue weighted by Crippen LogP contribution is -2.27. The number of esters is 1. The molecule has 0 aliphatic heterocycles. The fourth-order valence-corrected chi connectivity index (χ4v) is 5.26. The van der Waals surface area contributed by atoms with Gasteiger partial charge in [0.15, 0.2) is 0 Å². The van der Waals surface area contributed by atoms with Gasteiger partial charge in [0.2, 0.25) is 51.3 Å². The summed E-state index contributed by atoms with van der Waals surface area (Å²) in [5.41, 5.74) is 7.60. The van der Waals surface area contributed by atoms with Crippen molar-refractivity contribution in [2.45, 2.75) is 20.8 Å². The zero-order chi connectivity index (χ0) is 52.9. The molecule has 6 heterocycles. The second-order valence-corrected chi connectivity index (χ2v) is 15.9. The Morgan fingerprint density at radius 2 is 1.00 bits per heavy atom. The van der Waals surface area contributed by atoms with Gasteiger partial charge in [-0.3, -0.25) is 14.4 Å². The predicted molar refractivity (Wildman–Crippen MR) is 274 cm³/mol. The van der Waals surface area contributed by atoms with Crippen LogP contribution in [0.15, 0.2) is 141 Å². The first-order valence-electron chi connectivity index (χ1n) is 20.2. The number of rotatable bonds is 7. The molecule has 1 unspecified atom stereocenters. The first kappa shape index (κ1) is 58.2. The summed E-state index contributed by atoms with van der Waals surface area (Å²) in [6.07, 6.45) is 18.2. The van der Waals surface area contributed by atoms with Crippen LogP contribution in [0, 0.1) is 16.7 Å². The number of hydrogen-bond acceptors (Lipinski definition) is 20. The first-order chi connectivity index (χ1) is 34.5. The van der Waals surface area contributed by atoms with Crippen LogP contribution in [0.25, 0.3) is 0 Å². The summed E-state index contributed by atoms with van der Waals surface area (Å²) in [7, 11) is 3.63.